The highest BCUT2D eigenvalue weighted by molar-refractivity contribution is 8.00. The van der Waals surface area contributed by atoms with Crippen LogP contribution in [0.15, 0.2) is 51.7 Å². The number of amides is 1. The number of esters is 1. The molecule has 61 heavy (non-hydrogen) atoms. The molecule has 2 aliphatic rings. The molecule has 1 amide bonds. The van der Waals surface area contributed by atoms with Gasteiger partial charge in [0.2, 0.25) is 10.0 Å². The molecule has 0 N–H and O–H groups in total. The Morgan fingerprint density at radius 1 is 0.967 bits per heavy atom. The lowest BCUT2D eigenvalue weighted by Gasteiger charge is -2.35. The molecule has 0 radical (unpaired) electrons. The molecule has 0 bridgehead atoms. The number of sulfonamides is 1. The van der Waals surface area contributed by atoms with Crippen LogP contribution in [0.25, 0.3) is 10.2 Å². The number of fused-ring (bicyclic) bond motifs is 2. The molecule has 2 atom stereocenters. The number of carbonyl (C=O) groups excluding carboxylic acids is 2. The van der Waals surface area contributed by atoms with Crippen LogP contribution in [0.2, 0.25) is 0 Å². The van der Waals surface area contributed by atoms with Crippen molar-refractivity contribution in [2.24, 2.45) is 11.3 Å². The Morgan fingerprint density at radius 2 is 1.62 bits per heavy atom. The summed E-state index contributed by atoms with van der Waals surface area (Å²) in [5.41, 5.74) is 2.52. The van der Waals surface area contributed by atoms with E-state index in [9.17, 15) is 18.0 Å². The Labute approximate surface area is 376 Å². The van der Waals surface area contributed by atoms with Gasteiger partial charge in [0.25, 0.3) is 0 Å². The largest absolute Gasteiger partial charge is 0.456 e. The number of thiazole rings is 1. The van der Waals surface area contributed by atoms with Crippen molar-refractivity contribution in [2.45, 2.75) is 160 Å². The molecule has 4 aromatic rings. The highest BCUT2D eigenvalue weighted by Crippen LogP contribution is 2.43. The van der Waals surface area contributed by atoms with Gasteiger partial charge in [-0.3, -0.25) is 4.90 Å². The molecule has 14 heteroatoms. The fourth-order valence-corrected chi connectivity index (χ4v) is 12.9. The van der Waals surface area contributed by atoms with Crippen LogP contribution < -0.4 is 0 Å². The van der Waals surface area contributed by atoms with Crippen LogP contribution in [-0.2, 0) is 56.3 Å². The molecule has 1 aliphatic carbocycles. The average Bonchev–Trinajstić information content (AvgIpc) is 3.78. The smallest absolute Gasteiger partial charge is 0.412 e. The maximum atomic E-state index is 14.5. The van der Waals surface area contributed by atoms with Crippen LogP contribution in [0.4, 0.5) is 4.79 Å². The number of ether oxygens (including phenoxy) is 3. The standard InChI is InChI=1S/C47H65N3O7S4/c1-29(2)27-49(61(53,54)32-19-20-34-39(25-32)60-42(48-34)58-13)28-36-35(50(47(11,12)55-36)43(52)57-45(6,7)8)24-31-16-14-30(15-17-31)18-21-38-40(41(51)56-44(3,4)5)33-26-46(9,10)23-22-37(33)59-38/h14-17,19-20,25,29,35-36H,18,21-24,26-28H2,1-13H3/t35-,36+/m0/s1. The third-order valence-corrected chi connectivity index (χ3v) is 16.2. The van der Waals surface area contributed by atoms with Crippen LogP contribution in [0.3, 0.4) is 0 Å². The topological polar surface area (TPSA) is 115 Å². The van der Waals surface area contributed by atoms with E-state index in [1.54, 1.807) is 34.4 Å². The molecular formula is C47H65N3O7S4. The molecule has 0 saturated carbocycles. The van der Waals surface area contributed by atoms with Gasteiger partial charge in [-0.15, -0.1) is 22.7 Å². The second-order valence-electron chi connectivity index (χ2n) is 20.2. The lowest BCUT2D eigenvalue weighted by atomic mass is 9.76. The van der Waals surface area contributed by atoms with E-state index in [-0.39, 0.29) is 35.3 Å². The first-order chi connectivity index (χ1) is 28.2. The maximum absolute atomic E-state index is 14.5. The van der Waals surface area contributed by atoms with Crippen LogP contribution >= 0.6 is 34.4 Å². The molecule has 2 aromatic carbocycles. The van der Waals surface area contributed by atoms with E-state index in [0.717, 1.165) is 73.8 Å². The molecular weight excluding hydrogens is 847 g/mol. The molecule has 1 fully saturated rings. The van der Waals surface area contributed by atoms with Crippen LogP contribution in [0, 0.1) is 11.3 Å². The molecule has 334 valence electrons. The van der Waals surface area contributed by atoms with Crippen molar-refractivity contribution in [1.82, 2.24) is 14.2 Å². The predicted octanol–water partition coefficient (Wildman–Crippen LogP) is 11.0. The summed E-state index contributed by atoms with van der Waals surface area (Å²) in [7, 11) is -3.97. The number of thiophene rings is 1. The van der Waals surface area contributed by atoms with Crippen molar-refractivity contribution in [3.05, 3.63) is 74.5 Å². The van der Waals surface area contributed by atoms with Gasteiger partial charge in [-0.2, -0.15) is 4.31 Å². The number of nitrogens with zero attached hydrogens (tertiary/aromatic N) is 3. The van der Waals surface area contributed by atoms with Gasteiger partial charge in [-0.1, -0.05) is 63.7 Å². The predicted molar refractivity (Wildman–Crippen MR) is 249 cm³/mol. The molecule has 0 spiro atoms. The van der Waals surface area contributed by atoms with Gasteiger partial charge < -0.3 is 14.2 Å². The van der Waals surface area contributed by atoms with Crippen molar-refractivity contribution in [3.8, 4) is 0 Å². The van der Waals surface area contributed by atoms with E-state index in [1.165, 1.54) is 32.3 Å². The van der Waals surface area contributed by atoms with Crippen LogP contribution in [0.5, 0.6) is 0 Å². The Bertz CT molecular complexity index is 2330. The van der Waals surface area contributed by atoms with Crippen molar-refractivity contribution >= 4 is 66.7 Å². The third-order valence-electron chi connectivity index (χ3n) is 11.0. The van der Waals surface area contributed by atoms with Gasteiger partial charge in [0, 0.05) is 22.8 Å². The van der Waals surface area contributed by atoms with E-state index < -0.39 is 45.2 Å². The summed E-state index contributed by atoms with van der Waals surface area (Å²) in [6.45, 7) is 23.8. The minimum absolute atomic E-state index is 0.0269. The summed E-state index contributed by atoms with van der Waals surface area (Å²) in [4.78, 5) is 36.6. The van der Waals surface area contributed by atoms with Gasteiger partial charge in [0.15, 0.2) is 4.34 Å². The van der Waals surface area contributed by atoms with Crippen LogP contribution in [0.1, 0.15) is 126 Å². The lowest BCUT2D eigenvalue weighted by Crippen LogP contribution is -2.52. The first kappa shape index (κ1) is 47.5. The minimum Gasteiger partial charge on any atom is -0.456 e. The molecule has 0 unspecified atom stereocenters. The number of rotatable bonds is 13. The monoisotopic (exact) mass is 911 g/mol. The second kappa shape index (κ2) is 17.9. The van der Waals surface area contributed by atoms with Gasteiger partial charge in [0.1, 0.15) is 16.9 Å². The molecule has 6 rings (SSSR count). The third kappa shape index (κ3) is 11.4. The van der Waals surface area contributed by atoms with Crippen molar-refractivity contribution in [2.75, 3.05) is 19.3 Å². The number of hydrogen-bond acceptors (Lipinski definition) is 11. The molecule has 1 saturated heterocycles. The van der Waals surface area contributed by atoms with Gasteiger partial charge >= 0.3 is 12.1 Å². The second-order valence-corrected chi connectivity index (χ2v) is 25.4. The van der Waals surface area contributed by atoms with Crippen LogP contribution in [-0.4, -0.2) is 83.1 Å². The fraction of sp³-hybridized carbons (Fsp3) is 0.596. The zero-order valence-corrected chi connectivity index (χ0v) is 41.5. The van der Waals surface area contributed by atoms with E-state index in [0.29, 0.717) is 6.42 Å². The maximum Gasteiger partial charge on any atom is 0.412 e. The summed E-state index contributed by atoms with van der Waals surface area (Å²) < 4.78 is 50.9. The summed E-state index contributed by atoms with van der Waals surface area (Å²) in [5.74, 6) is -0.205. The van der Waals surface area contributed by atoms with Crippen molar-refractivity contribution in [3.63, 3.8) is 0 Å². The Morgan fingerprint density at radius 3 is 2.25 bits per heavy atom. The first-order valence-corrected chi connectivity index (χ1v) is 25.6. The quantitative estimate of drug-likeness (QED) is 0.0955. The zero-order chi connectivity index (χ0) is 44.9. The van der Waals surface area contributed by atoms with E-state index >= 15 is 0 Å². The Balaban J connectivity index is 1.27. The summed E-state index contributed by atoms with van der Waals surface area (Å²) >= 11 is 4.77. The molecule has 3 heterocycles. The van der Waals surface area contributed by atoms with Crippen molar-refractivity contribution < 1.29 is 32.2 Å². The summed E-state index contributed by atoms with van der Waals surface area (Å²) in [6.07, 6.45) is 5.62. The van der Waals surface area contributed by atoms with Gasteiger partial charge in [-0.25, -0.2) is 23.0 Å². The average molecular weight is 912 g/mol. The number of aromatic nitrogens is 1. The number of benzene rings is 2. The molecule has 1 aliphatic heterocycles. The van der Waals surface area contributed by atoms with Gasteiger partial charge in [0.05, 0.1) is 32.8 Å². The van der Waals surface area contributed by atoms with Gasteiger partial charge in [-0.05, 0) is 146 Å². The molecule has 10 nitrogen and oxygen atoms in total. The first-order valence-electron chi connectivity index (χ1n) is 21.3. The van der Waals surface area contributed by atoms with E-state index in [4.69, 9.17) is 14.2 Å². The molecule has 2 aromatic heterocycles. The summed E-state index contributed by atoms with van der Waals surface area (Å²) in [5, 5.41) is 0. The minimum atomic E-state index is -3.97. The Kier molecular flexibility index (Phi) is 13.9. The zero-order valence-electron chi connectivity index (χ0n) is 38.3. The number of hydrogen-bond donors (Lipinski definition) is 0. The number of thioether (sulfide) groups is 1. The Hall–Kier alpha value is -3.01. The number of aryl methyl sites for hydroxylation is 3. The summed E-state index contributed by atoms with van der Waals surface area (Å²) in [6, 6.07) is 13.0. The fourth-order valence-electron chi connectivity index (χ4n) is 8.34. The highest BCUT2D eigenvalue weighted by Gasteiger charge is 2.52. The highest BCUT2D eigenvalue weighted by atomic mass is 32.2. The van der Waals surface area contributed by atoms with E-state index in [1.807, 2.05) is 75.5 Å². The van der Waals surface area contributed by atoms with Crippen molar-refractivity contribution in [1.29, 1.82) is 0 Å². The normalized spacial score (nSPS) is 19.2. The SMILES string of the molecule is CSc1nc2ccc(S(=O)(=O)N(CC(C)C)C[C@H]3OC(C)(C)N(C(=O)OC(C)(C)C)[C@H]3Cc3ccc(CCc4sc5c(c4C(=O)OC(C)(C)C)CC(C)(C)CC5)cc3)cc2s1. The number of carbonyl (C=O) groups is 2. The lowest BCUT2D eigenvalue weighted by molar-refractivity contribution is -0.0807. The van der Waals surface area contributed by atoms with E-state index in [2.05, 4.69) is 43.1 Å².